The molecule has 3 aromatic rings. The van der Waals surface area contributed by atoms with Gasteiger partial charge in [-0.25, -0.2) is 9.69 Å². The Hall–Kier alpha value is -3.71. The number of hydrogen-bond donors (Lipinski definition) is 1. The number of rotatable bonds is 5. The number of carbonyl (C=O) groups is 3. The van der Waals surface area contributed by atoms with Crippen LogP contribution in [0.15, 0.2) is 76.8 Å². The molecule has 7 heteroatoms. The van der Waals surface area contributed by atoms with E-state index in [9.17, 15) is 14.4 Å². The molecule has 1 heterocycles. The van der Waals surface area contributed by atoms with E-state index < -0.39 is 17.8 Å². The highest BCUT2D eigenvalue weighted by molar-refractivity contribution is 9.10. The summed E-state index contributed by atoms with van der Waals surface area (Å²) in [4.78, 5) is 39.3. The van der Waals surface area contributed by atoms with Crippen LogP contribution in [0.1, 0.15) is 22.3 Å². The standard InChI is InChI=1S/C26H21BrN2O4/c1-16-7-9-18(10-8-16)15-33-23-12-11-20(27)13-19(23)14-21-24(30)28-26(32)29(25(21)31)22-6-4-3-5-17(22)2/h3-14H,15H2,1-2H3,(H,28,30,32)/b21-14+. The van der Waals surface area contributed by atoms with E-state index in [-0.39, 0.29) is 5.57 Å². The number of anilines is 1. The number of benzene rings is 3. The number of hydrogen-bond acceptors (Lipinski definition) is 4. The van der Waals surface area contributed by atoms with Gasteiger partial charge in [-0.1, -0.05) is 64.0 Å². The lowest BCUT2D eigenvalue weighted by molar-refractivity contribution is -0.122. The zero-order valence-electron chi connectivity index (χ0n) is 18.1. The Morgan fingerprint density at radius 2 is 1.70 bits per heavy atom. The number of imide groups is 2. The lowest BCUT2D eigenvalue weighted by Gasteiger charge is -2.27. The van der Waals surface area contributed by atoms with Crippen molar-refractivity contribution in [3.63, 3.8) is 0 Å². The van der Waals surface area contributed by atoms with E-state index in [2.05, 4.69) is 21.2 Å². The Morgan fingerprint density at radius 1 is 0.970 bits per heavy atom. The highest BCUT2D eigenvalue weighted by Gasteiger charge is 2.37. The predicted molar refractivity (Wildman–Crippen MR) is 130 cm³/mol. The van der Waals surface area contributed by atoms with Crippen molar-refractivity contribution in [3.05, 3.63) is 99.0 Å². The second-order valence-electron chi connectivity index (χ2n) is 7.70. The molecule has 0 saturated carbocycles. The van der Waals surface area contributed by atoms with Gasteiger partial charge in [0.2, 0.25) is 0 Å². The third kappa shape index (κ3) is 4.88. The Morgan fingerprint density at radius 3 is 2.42 bits per heavy atom. The number of carbonyl (C=O) groups excluding carboxylic acids is 3. The van der Waals surface area contributed by atoms with Gasteiger partial charge in [0.1, 0.15) is 17.9 Å². The summed E-state index contributed by atoms with van der Waals surface area (Å²) in [6.45, 7) is 4.13. The second kappa shape index (κ2) is 9.42. The summed E-state index contributed by atoms with van der Waals surface area (Å²) in [6.07, 6.45) is 1.45. The molecule has 6 nitrogen and oxygen atoms in total. The van der Waals surface area contributed by atoms with Crippen LogP contribution >= 0.6 is 15.9 Å². The number of nitrogens with one attached hydrogen (secondary N) is 1. The Bertz CT molecular complexity index is 1280. The van der Waals surface area contributed by atoms with Crippen LogP contribution in [0, 0.1) is 13.8 Å². The molecular formula is C26H21BrN2O4. The van der Waals surface area contributed by atoms with Crippen molar-refractivity contribution in [3.8, 4) is 5.75 Å². The minimum absolute atomic E-state index is 0.156. The van der Waals surface area contributed by atoms with Gasteiger partial charge in [0.25, 0.3) is 11.8 Å². The van der Waals surface area contributed by atoms with Crippen LogP contribution in [0.25, 0.3) is 6.08 Å². The highest BCUT2D eigenvalue weighted by Crippen LogP contribution is 2.29. The molecule has 0 atom stereocenters. The molecule has 3 aromatic carbocycles. The van der Waals surface area contributed by atoms with Crippen molar-refractivity contribution in [2.24, 2.45) is 0 Å². The lowest BCUT2D eigenvalue weighted by Crippen LogP contribution is -2.54. The first-order chi connectivity index (χ1) is 15.8. The third-order valence-corrected chi connectivity index (χ3v) is 5.74. The van der Waals surface area contributed by atoms with Crippen LogP contribution in [0.3, 0.4) is 0 Å². The molecule has 0 unspecified atom stereocenters. The second-order valence-corrected chi connectivity index (χ2v) is 8.62. The minimum Gasteiger partial charge on any atom is -0.488 e. The monoisotopic (exact) mass is 504 g/mol. The van der Waals surface area contributed by atoms with E-state index in [0.29, 0.717) is 23.6 Å². The number of nitrogens with zero attached hydrogens (tertiary/aromatic N) is 1. The molecular weight excluding hydrogens is 484 g/mol. The number of amides is 4. The number of ether oxygens (including phenoxy) is 1. The van der Waals surface area contributed by atoms with Crippen molar-refractivity contribution >= 4 is 45.5 Å². The number of barbiturate groups is 1. The van der Waals surface area contributed by atoms with Crippen LogP contribution in [-0.2, 0) is 16.2 Å². The molecule has 33 heavy (non-hydrogen) atoms. The number of halogens is 1. The van der Waals surface area contributed by atoms with Gasteiger partial charge in [-0.3, -0.25) is 14.9 Å². The third-order valence-electron chi connectivity index (χ3n) is 5.24. The molecule has 1 fully saturated rings. The van der Waals surface area contributed by atoms with Gasteiger partial charge in [0.15, 0.2) is 0 Å². The van der Waals surface area contributed by atoms with Crippen molar-refractivity contribution in [2.45, 2.75) is 20.5 Å². The predicted octanol–water partition coefficient (Wildman–Crippen LogP) is 5.31. The SMILES string of the molecule is Cc1ccc(COc2ccc(Br)cc2/C=C2\C(=O)NC(=O)N(c3ccccc3C)C2=O)cc1. The molecule has 0 spiro atoms. The molecule has 1 saturated heterocycles. The zero-order chi connectivity index (χ0) is 23.5. The van der Waals surface area contributed by atoms with Gasteiger partial charge in [-0.15, -0.1) is 0 Å². The van der Waals surface area contributed by atoms with Crippen molar-refractivity contribution < 1.29 is 19.1 Å². The summed E-state index contributed by atoms with van der Waals surface area (Å²) < 4.78 is 6.75. The molecule has 0 aromatic heterocycles. The smallest absolute Gasteiger partial charge is 0.335 e. The molecule has 1 aliphatic heterocycles. The fourth-order valence-corrected chi connectivity index (χ4v) is 3.83. The van der Waals surface area contributed by atoms with Crippen molar-refractivity contribution in [2.75, 3.05) is 4.90 Å². The summed E-state index contributed by atoms with van der Waals surface area (Å²) in [5.41, 5.74) is 3.68. The average molecular weight is 505 g/mol. The van der Waals surface area contributed by atoms with Gasteiger partial charge in [-0.2, -0.15) is 0 Å². The van der Waals surface area contributed by atoms with Crippen LogP contribution in [0.2, 0.25) is 0 Å². The zero-order valence-corrected chi connectivity index (χ0v) is 19.7. The molecule has 1 N–H and O–H groups in total. The highest BCUT2D eigenvalue weighted by atomic mass is 79.9. The maximum absolute atomic E-state index is 13.2. The molecule has 4 amide bonds. The van der Waals surface area contributed by atoms with Crippen LogP contribution < -0.4 is 15.0 Å². The van der Waals surface area contributed by atoms with Gasteiger partial charge in [-0.05, 0) is 55.3 Å². The first-order valence-electron chi connectivity index (χ1n) is 10.3. The van der Waals surface area contributed by atoms with Crippen LogP contribution in [0.4, 0.5) is 10.5 Å². The van der Waals surface area contributed by atoms with E-state index in [0.717, 1.165) is 26.1 Å². The molecule has 1 aliphatic rings. The normalized spacial score (nSPS) is 15.1. The van der Waals surface area contributed by atoms with E-state index in [4.69, 9.17) is 4.74 Å². The molecule has 0 aliphatic carbocycles. The maximum atomic E-state index is 13.2. The number of para-hydroxylation sites is 1. The Balaban J connectivity index is 1.68. The first kappa shape index (κ1) is 22.5. The van der Waals surface area contributed by atoms with Crippen LogP contribution in [0.5, 0.6) is 5.75 Å². The van der Waals surface area contributed by atoms with Crippen molar-refractivity contribution in [1.29, 1.82) is 0 Å². The van der Waals surface area contributed by atoms with Crippen molar-refractivity contribution in [1.82, 2.24) is 5.32 Å². The molecule has 0 radical (unpaired) electrons. The largest absolute Gasteiger partial charge is 0.488 e. The summed E-state index contributed by atoms with van der Waals surface area (Å²) in [7, 11) is 0. The summed E-state index contributed by atoms with van der Waals surface area (Å²) in [5.74, 6) is -0.937. The lowest BCUT2D eigenvalue weighted by atomic mass is 10.0. The van der Waals surface area contributed by atoms with Gasteiger partial charge < -0.3 is 4.74 Å². The van der Waals surface area contributed by atoms with Gasteiger partial charge in [0, 0.05) is 10.0 Å². The fraction of sp³-hybridized carbons (Fsp3) is 0.115. The molecule has 4 rings (SSSR count). The summed E-state index contributed by atoms with van der Waals surface area (Å²) in [5, 5.41) is 2.26. The Labute approximate surface area is 200 Å². The fourth-order valence-electron chi connectivity index (χ4n) is 3.46. The van der Waals surface area contributed by atoms with Gasteiger partial charge in [0.05, 0.1) is 5.69 Å². The first-order valence-corrected chi connectivity index (χ1v) is 11.1. The summed E-state index contributed by atoms with van der Waals surface area (Å²) in [6, 6.07) is 19.5. The van der Waals surface area contributed by atoms with E-state index in [1.807, 2.05) is 43.3 Å². The minimum atomic E-state index is -0.776. The number of aryl methyl sites for hydroxylation is 2. The average Bonchev–Trinajstić information content (AvgIpc) is 2.78. The van der Waals surface area contributed by atoms with E-state index >= 15 is 0 Å². The maximum Gasteiger partial charge on any atom is 0.335 e. The molecule has 0 bridgehead atoms. The van der Waals surface area contributed by atoms with E-state index in [1.54, 1.807) is 37.3 Å². The van der Waals surface area contributed by atoms with E-state index in [1.165, 1.54) is 6.08 Å². The van der Waals surface area contributed by atoms with Crippen LogP contribution in [-0.4, -0.2) is 17.8 Å². The number of urea groups is 1. The topological polar surface area (TPSA) is 75.7 Å². The quantitative estimate of drug-likeness (QED) is 0.377. The Kier molecular flexibility index (Phi) is 6.42. The molecule has 166 valence electrons. The van der Waals surface area contributed by atoms with Gasteiger partial charge >= 0.3 is 6.03 Å². The summed E-state index contributed by atoms with van der Waals surface area (Å²) >= 11 is 3.43.